The molecule has 0 spiro atoms. The molecule has 1 unspecified atom stereocenters. The Bertz CT molecular complexity index is 902. The van der Waals surface area contributed by atoms with Crippen LogP contribution in [0.3, 0.4) is 0 Å². The molecular weight excluding hydrogens is 310 g/mol. The maximum absolute atomic E-state index is 12.4. The summed E-state index contributed by atoms with van der Waals surface area (Å²) in [5, 5.41) is 5.95. The molecule has 1 aliphatic heterocycles. The molecule has 0 saturated carbocycles. The maximum Gasteiger partial charge on any atom is 0.235 e. The van der Waals surface area contributed by atoms with E-state index in [4.69, 9.17) is 4.98 Å². The number of hydrogen-bond donors (Lipinski definition) is 0. The molecule has 3 aromatic rings. The monoisotopic (exact) mass is 327 g/mol. The first-order chi connectivity index (χ1) is 11.1. The van der Waals surface area contributed by atoms with Gasteiger partial charge in [0.15, 0.2) is 10.8 Å². The van der Waals surface area contributed by atoms with Crippen molar-refractivity contribution in [2.24, 2.45) is 0 Å². The fourth-order valence-electron chi connectivity index (χ4n) is 2.71. The van der Waals surface area contributed by atoms with Crippen molar-refractivity contribution in [2.75, 3.05) is 13.1 Å². The summed E-state index contributed by atoms with van der Waals surface area (Å²) in [5.41, 5.74) is 1.66. The zero-order valence-corrected chi connectivity index (χ0v) is 13.9. The van der Waals surface area contributed by atoms with E-state index in [0.29, 0.717) is 11.0 Å². The number of thioether (sulfide) groups is 1. The van der Waals surface area contributed by atoms with E-state index >= 15 is 0 Å². The van der Waals surface area contributed by atoms with E-state index in [1.54, 1.807) is 4.52 Å². The second-order valence-electron chi connectivity index (χ2n) is 5.74. The van der Waals surface area contributed by atoms with Gasteiger partial charge in [-0.1, -0.05) is 23.9 Å². The number of amides is 1. The molecule has 2 aromatic heterocycles. The van der Waals surface area contributed by atoms with Crippen LogP contribution in [0.2, 0.25) is 0 Å². The Kier molecular flexibility index (Phi) is 3.45. The van der Waals surface area contributed by atoms with Gasteiger partial charge in [-0.05, 0) is 32.4 Å². The maximum atomic E-state index is 12.4. The molecule has 6 nitrogen and oxygen atoms in total. The second kappa shape index (κ2) is 5.49. The van der Waals surface area contributed by atoms with Crippen molar-refractivity contribution in [3.63, 3.8) is 0 Å². The number of likely N-dealkylation sites (tertiary alicyclic amines) is 1. The van der Waals surface area contributed by atoms with Crippen molar-refractivity contribution >= 4 is 34.2 Å². The number of rotatable bonds is 3. The van der Waals surface area contributed by atoms with Gasteiger partial charge in [-0.3, -0.25) is 4.79 Å². The minimum Gasteiger partial charge on any atom is -0.342 e. The molecule has 118 valence electrons. The lowest BCUT2D eigenvalue weighted by molar-refractivity contribution is -0.133. The third-order valence-corrected chi connectivity index (χ3v) is 5.08. The Balaban J connectivity index is 1.77. The van der Waals surface area contributed by atoms with Crippen LogP contribution in [0.15, 0.2) is 29.4 Å². The van der Waals surface area contributed by atoms with Crippen LogP contribution in [0.4, 0.5) is 0 Å². The van der Waals surface area contributed by atoms with Crippen molar-refractivity contribution < 1.29 is 4.79 Å². The highest BCUT2D eigenvalue weighted by atomic mass is 32.2. The highest BCUT2D eigenvalue weighted by Gasteiger charge is 2.27. The van der Waals surface area contributed by atoms with Gasteiger partial charge in [0.2, 0.25) is 5.91 Å². The van der Waals surface area contributed by atoms with Gasteiger partial charge >= 0.3 is 0 Å². The largest absolute Gasteiger partial charge is 0.342 e. The third-order valence-electron chi connectivity index (χ3n) is 4.05. The number of carbonyl (C=O) groups excluding carboxylic acids is 1. The number of para-hydroxylation sites is 1. The molecule has 1 atom stereocenters. The predicted molar refractivity (Wildman–Crippen MR) is 89.5 cm³/mol. The Morgan fingerprint density at radius 3 is 2.78 bits per heavy atom. The van der Waals surface area contributed by atoms with E-state index in [1.165, 1.54) is 11.8 Å². The van der Waals surface area contributed by atoms with Crippen LogP contribution in [-0.4, -0.2) is 48.7 Å². The lowest BCUT2D eigenvalue weighted by atomic mass is 10.2. The topological polar surface area (TPSA) is 63.4 Å². The molecule has 0 bridgehead atoms. The van der Waals surface area contributed by atoms with Gasteiger partial charge in [-0.15, -0.1) is 5.10 Å². The number of benzene rings is 1. The molecule has 1 aliphatic rings. The van der Waals surface area contributed by atoms with E-state index in [2.05, 4.69) is 10.1 Å². The van der Waals surface area contributed by atoms with Crippen LogP contribution in [-0.2, 0) is 4.79 Å². The molecule has 1 saturated heterocycles. The standard InChI is InChI=1S/C16H17N5OS/c1-10(15(22)20-8-5-9-20)23-16-18-13-7-4-3-6-12(13)14-17-11(2)19-21(14)16/h3-4,6-7,10H,5,8-9H2,1-2H3. The Labute approximate surface area is 137 Å². The summed E-state index contributed by atoms with van der Waals surface area (Å²) < 4.78 is 1.75. The molecule has 1 aromatic carbocycles. The van der Waals surface area contributed by atoms with Gasteiger partial charge in [0.25, 0.3) is 0 Å². The van der Waals surface area contributed by atoms with E-state index in [-0.39, 0.29) is 11.2 Å². The molecule has 3 heterocycles. The first-order valence-corrected chi connectivity index (χ1v) is 8.59. The van der Waals surface area contributed by atoms with Gasteiger partial charge in [0, 0.05) is 18.5 Å². The zero-order valence-electron chi connectivity index (χ0n) is 13.1. The molecule has 7 heteroatoms. The summed E-state index contributed by atoms with van der Waals surface area (Å²) in [6.07, 6.45) is 1.10. The van der Waals surface area contributed by atoms with Crippen molar-refractivity contribution in [2.45, 2.75) is 30.7 Å². The van der Waals surface area contributed by atoms with Gasteiger partial charge in [-0.2, -0.15) is 4.52 Å². The molecular formula is C16H17N5OS. The summed E-state index contributed by atoms with van der Waals surface area (Å²) in [4.78, 5) is 23.5. The minimum absolute atomic E-state index is 0.168. The van der Waals surface area contributed by atoms with Crippen LogP contribution >= 0.6 is 11.8 Å². The molecule has 4 rings (SSSR count). The van der Waals surface area contributed by atoms with Crippen LogP contribution < -0.4 is 0 Å². The average Bonchev–Trinajstić information content (AvgIpc) is 2.87. The van der Waals surface area contributed by atoms with Crippen LogP contribution in [0, 0.1) is 6.92 Å². The summed E-state index contributed by atoms with van der Waals surface area (Å²) >= 11 is 1.45. The van der Waals surface area contributed by atoms with E-state index in [0.717, 1.165) is 36.1 Å². The summed E-state index contributed by atoms with van der Waals surface area (Å²) in [6.45, 7) is 5.53. The fraction of sp³-hybridized carbons (Fsp3) is 0.375. The third kappa shape index (κ3) is 2.45. The molecule has 0 aliphatic carbocycles. The SMILES string of the molecule is Cc1nc2c3ccccc3nc(SC(C)C(=O)N3CCC3)n2n1. The number of aryl methyl sites for hydroxylation is 1. The van der Waals surface area contributed by atoms with Crippen LogP contribution in [0.5, 0.6) is 0 Å². The minimum atomic E-state index is -0.184. The second-order valence-corrected chi connectivity index (χ2v) is 7.05. The molecule has 1 amide bonds. The van der Waals surface area contributed by atoms with Crippen molar-refractivity contribution in [1.82, 2.24) is 24.5 Å². The van der Waals surface area contributed by atoms with Gasteiger partial charge in [-0.25, -0.2) is 9.97 Å². The summed E-state index contributed by atoms with van der Waals surface area (Å²) in [7, 11) is 0. The van der Waals surface area contributed by atoms with Gasteiger partial charge in [0.1, 0.15) is 5.82 Å². The molecule has 0 N–H and O–H groups in total. The van der Waals surface area contributed by atoms with Gasteiger partial charge in [0.05, 0.1) is 10.8 Å². The quantitative estimate of drug-likeness (QED) is 0.545. The first kappa shape index (κ1) is 14.4. The molecule has 1 fully saturated rings. The van der Waals surface area contributed by atoms with Crippen molar-refractivity contribution in [3.05, 3.63) is 30.1 Å². The lowest BCUT2D eigenvalue weighted by Crippen LogP contribution is -2.45. The summed E-state index contributed by atoms with van der Waals surface area (Å²) in [5.74, 6) is 0.868. The number of hydrogen-bond acceptors (Lipinski definition) is 5. The van der Waals surface area contributed by atoms with Crippen molar-refractivity contribution in [3.8, 4) is 0 Å². The molecule has 23 heavy (non-hydrogen) atoms. The lowest BCUT2D eigenvalue weighted by Gasteiger charge is -2.32. The number of nitrogens with zero attached hydrogens (tertiary/aromatic N) is 5. The van der Waals surface area contributed by atoms with E-state index in [9.17, 15) is 4.79 Å². The highest BCUT2D eigenvalue weighted by molar-refractivity contribution is 8.00. The average molecular weight is 327 g/mol. The zero-order chi connectivity index (χ0) is 16.0. The number of aromatic nitrogens is 4. The number of fused-ring (bicyclic) bond motifs is 3. The highest BCUT2D eigenvalue weighted by Crippen LogP contribution is 2.28. The fourth-order valence-corrected chi connectivity index (χ4v) is 3.66. The predicted octanol–water partition coefficient (Wildman–Crippen LogP) is 2.30. The smallest absolute Gasteiger partial charge is 0.235 e. The number of carbonyl (C=O) groups is 1. The van der Waals surface area contributed by atoms with E-state index < -0.39 is 0 Å². The summed E-state index contributed by atoms with van der Waals surface area (Å²) in [6, 6.07) is 7.88. The van der Waals surface area contributed by atoms with Crippen LogP contribution in [0.1, 0.15) is 19.2 Å². The Morgan fingerprint density at radius 1 is 1.26 bits per heavy atom. The Hall–Kier alpha value is -2.15. The first-order valence-electron chi connectivity index (χ1n) is 7.71. The van der Waals surface area contributed by atoms with Crippen LogP contribution in [0.25, 0.3) is 16.6 Å². The normalized spacial score (nSPS) is 15.8. The van der Waals surface area contributed by atoms with Gasteiger partial charge < -0.3 is 4.90 Å². The van der Waals surface area contributed by atoms with E-state index in [1.807, 2.05) is 43.0 Å². The Morgan fingerprint density at radius 2 is 2.04 bits per heavy atom. The molecule has 0 radical (unpaired) electrons. The van der Waals surface area contributed by atoms with Crippen molar-refractivity contribution in [1.29, 1.82) is 0 Å².